The summed E-state index contributed by atoms with van der Waals surface area (Å²) >= 11 is 0. The van der Waals surface area contributed by atoms with Gasteiger partial charge >= 0.3 is 5.97 Å². The molecular formula is C23H23NO4. The Balaban J connectivity index is 1.26. The molecule has 1 N–H and O–H groups in total. The molecule has 0 spiro atoms. The largest absolute Gasteiger partial charge is 0.462 e. The molecule has 0 aromatic heterocycles. The first-order valence-corrected chi connectivity index (χ1v) is 9.86. The number of fused-ring (bicyclic) bond motifs is 1. The maximum Gasteiger partial charge on any atom is 0.310 e. The van der Waals surface area contributed by atoms with Crippen molar-refractivity contribution in [1.29, 1.82) is 0 Å². The highest BCUT2D eigenvalue weighted by Crippen LogP contribution is 2.57. The Morgan fingerprint density at radius 2 is 1.79 bits per heavy atom. The highest BCUT2D eigenvalue weighted by molar-refractivity contribution is 5.97. The zero-order valence-electron chi connectivity index (χ0n) is 16.0. The Kier molecular flexibility index (Phi) is 3.93. The maximum atomic E-state index is 12.8. The Morgan fingerprint density at radius 3 is 2.54 bits per heavy atom. The number of hydrogen-bond donors (Lipinski definition) is 1. The third kappa shape index (κ3) is 2.77. The molecule has 5 atom stereocenters. The lowest BCUT2D eigenvalue weighted by Crippen LogP contribution is -2.35. The number of amides is 1. The number of rotatable bonds is 4. The van der Waals surface area contributed by atoms with E-state index in [1.165, 1.54) is 11.1 Å². The van der Waals surface area contributed by atoms with Gasteiger partial charge in [-0.15, -0.1) is 0 Å². The molecule has 3 fully saturated rings. The fraction of sp³-hybridized carbons (Fsp3) is 0.391. The van der Waals surface area contributed by atoms with Crippen LogP contribution in [0.1, 0.15) is 24.0 Å². The highest BCUT2D eigenvalue weighted by Gasteiger charge is 2.63. The number of carbonyl (C=O) groups excluding carboxylic acids is 2. The summed E-state index contributed by atoms with van der Waals surface area (Å²) in [5, 5.41) is 2.98. The topological polar surface area (TPSA) is 64.6 Å². The van der Waals surface area contributed by atoms with E-state index in [1.54, 1.807) is 0 Å². The number of benzene rings is 2. The second-order valence-corrected chi connectivity index (χ2v) is 8.28. The highest BCUT2D eigenvalue weighted by atomic mass is 16.6. The maximum absolute atomic E-state index is 12.8. The van der Waals surface area contributed by atoms with Gasteiger partial charge in [0.05, 0.1) is 11.8 Å². The van der Waals surface area contributed by atoms with Gasteiger partial charge in [-0.05, 0) is 80.1 Å². The van der Waals surface area contributed by atoms with Crippen LogP contribution < -0.4 is 10.1 Å². The fourth-order valence-electron chi connectivity index (χ4n) is 5.11. The monoisotopic (exact) mass is 377 g/mol. The smallest absolute Gasteiger partial charge is 0.310 e. The summed E-state index contributed by atoms with van der Waals surface area (Å²) in [5.74, 6) is 1.23. The zero-order chi connectivity index (χ0) is 19.4. The van der Waals surface area contributed by atoms with Crippen molar-refractivity contribution in [2.75, 3.05) is 5.32 Å². The molecule has 1 saturated heterocycles. The van der Waals surface area contributed by atoms with Crippen molar-refractivity contribution in [3.63, 3.8) is 0 Å². The molecule has 5 heteroatoms. The molecule has 2 aromatic rings. The lowest BCUT2D eigenvalue weighted by atomic mass is 9.79. The minimum absolute atomic E-state index is 0.0494. The predicted octanol–water partition coefficient (Wildman–Crippen LogP) is 4.23. The van der Waals surface area contributed by atoms with Crippen molar-refractivity contribution in [2.24, 2.45) is 23.7 Å². The standard InChI is InChI=1S/C23H23NO4/c1-12-3-6-17(9-13(12)2)27-16-7-4-15(5-8-16)24-22(25)20-14-10-18-19(11-14)28-23(26)21(18)20/h3-9,14,18-21H,10-11H2,1-2H3,(H,24,25)/t14-,18+,19-,20+,21+/m1/s1. The quantitative estimate of drug-likeness (QED) is 0.810. The van der Waals surface area contributed by atoms with Crippen LogP contribution in [0.25, 0.3) is 0 Å². The number of carbonyl (C=O) groups is 2. The normalized spacial score (nSPS) is 29.6. The van der Waals surface area contributed by atoms with Crippen molar-refractivity contribution < 1.29 is 19.1 Å². The molecule has 2 saturated carbocycles. The Morgan fingerprint density at radius 1 is 1.04 bits per heavy atom. The van der Waals surface area contributed by atoms with Crippen LogP contribution in [0, 0.1) is 37.5 Å². The van der Waals surface area contributed by atoms with Gasteiger partial charge < -0.3 is 14.8 Å². The van der Waals surface area contributed by atoms with E-state index in [-0.39, 0.29) is 41.7 Å². The van der Waals surface area contributed by atoms with Crippen LogP contribution in [0.3, 0.4) is 0 Å². The van der Waals surface area contributed by atoms with Crippen LogP contribution in [-0.4, -0.2) is 18.0 Å². The molecule has 144 valence electrons. The van der Waals surface area contributed by atoms with E-state index < -0.39 is 0 Å². The van der Waals surface area contributed by atoms with E-state index in [1.807, 2.05) is 42.5 Å². The van der Waals surface area contributed by atoms with E-state index in [4.69, 9.17) is 9.47 Å². The van der Waals surface area contributed by atoms with Gasteiger partial charge in [-0.25, -0.2) is 0 Å². The van der Waals surface area contributed by atoms with Crippen molar-refractivity contribution in [2.45, 2.75) is 32.8 Å². The summed E-state index contributed by atoms with van der Waals surface area (Å²) in [7, 11) is 0. The second kappa shape index (κ2) is 6.36. The van der Waals surface area contributed by atoms with Crippen LogP contribution in [0.4, 0.5) is 5.69 Å². The molecule has 2 aromatic carbocycles. The number of esters is 1. The molecule has 0 radical (unpaired) electrons. The third-order valence-electron chi connectivity index (χ3n) is 6.62. The molecular weight excluding hydrogens is 354 g/mol. The van der Waals surface area contributed by atoms with Crippen molar-refractivity contribution >= 4 is 17.6 Å². The lowest BCUT2D eigenvalue weighted by Gasteiger charge is -2.23. The average Bonchev–Trinajstić information content (AvgIpc) is 3.29. The summed E-state index contributed by atoms with van der Waals surface area (Å²) in [4.78, 5) is 24.9. The number of hydrogen-bond acceptors (Lipinski definition) is 4. The summed E-state index contributed by atoms with van der Waals surface area (Å²) in [6, 6.07) is 13.3. The predicted molar refractivity (Wildman–Crippen MR) is 104 cm³/mol. The third-order valence-corrected chi connectivity index (χ3v) is 6.62. The molecule has 28 heavy (non-hydrogen) atoms. The minimum atomic E-state index is -0.261. The van der Waals surface area contributed by atoms with Gasteiger partial charge in [0, 0.05) is 11.6 Å². The Bertz CT molecular complexity index is 950. The van der Waals surface area contributed by atoms with Gasteiger partial charge in [0.25, 0.3) is 0 Å². The number of ether oxygens (including phenoxy) is 2. The van der Waals surface area contributed by atoms with E-state index in [0.717, 1.165) is 18.6 Å². The minimum Gasteiger partial charge on any atom is -0.462 e. The molecule has 0 unspecified atom stereocenters. The zero-order valence-corrected chi connectivity index (χ0v) is 16.0. The van der Waals surface area contributed by atoms with Crippen LogP contribution in [-0.2, 0) is 14.3 Å². The number of anilines is 1. The van der Waals surface area contributed by atoms with Crippen molar-refractivity contribution in [1.82, 2.24) is 0 Å². The van der Waals surface area contributed by atoms with Gasteiger partial charge in [0.2, 0.25) is 5.91 Å². The molecule has 5 rings (SSSR count). The first-order valence-electron chi connectivity index (χ1n) is 9.86. The first kappa shape index (κ1) is 17.3. The van der Waals surface area contributed by atoms with Crippen LogP contribution >= 0.6 is 0 Å². The summed E-state index contributed by atoms with van der Waals surface area (Å²) < 4.78 is 11.3. The summed E-state index contributed by atoms with van der Waals surface area (Å²) in [6.45, 7) is 4.12. The van der Waals surface area contributed by atoms with Crippen LogP contribution in [0.2, 0.25) is 0 Å². The number of aryl methyl sites for hydroxylation is 2. The fourth-order valence-corrected chi connectivity index (χ4v) is 5.11. The van der Waals surface area contributed by atoms with E-state index in [0.29, 0.717) is 11.4 Å². The van der Waals surface area contributed by atoms with Gasteiger partial charge in [0.1, 0.15) is 17.6 Å². The molecule has 1 heterocycles. The van der Waals surface area contributed by atoms with E-state index in [2.05, 4.69) is 19.2 Å². The Hall–Kier alpha value is -2.82. The Labute approximate surface area is 164 Å². The molecule has 5 nitrogen and oxygen atoms in total. The molecule has 2 bridgehead atoms. The SMILES string of the molecule is Cc1ccc(Oc2ccc(NC(=O)[C@H]3[C@@H]4C[C@@H]5[C@@H]3C(=O)O[C@@H]5C4)cc2)cc1C. The molecule has 1 aliphatic heterocycles. The van der Waals surface area contributed by atoms with Gasteiger partial charge in [-0.1, -0.05) is 6.07 Å². The number of nitrogens with one attached hydrogen (secondary N) is 1. The van der Waals surface area contributed by atoms with Crippen molar-refractivity contribution in [3.05, 3.63) is 53.6 Å². The molecule has 2 aliphatic carbocycles. The lowest BCUT2D eigenvalue weighted by molar-refractivity contribution is -0.145. The second-order valence-electron chi connectivity index (χ2n) is 8.28. The van der Waals surface area contributed by atoms with E-state index in [9.17, 15) is 9.59 Å². The summed E-state index contributed by atoms with van der Waals surface area (Å²) in [5.41, 5.74) is 3.12. The first-order chi connectivity index (χ1) is 13.5. The van der Waals surface area contributed by atoms with Gasteiger partial charge in [0.15, 0.2) is 0 Å². The van der Waals surface area contributed by atoms with Gasteiger partial charge in [-0.3, -0.25) is 9.59 Å². The van der Waals surface area contributed by atoms with E-state index >= 15 is 0 Å². The average molecular weight is 377 g/mol. The summed E-state index contributed by atoms with van der Waals surface area (Å²) in [6.07, 6.45) is 1.81. The van der Waals surface area contributed by atoms with Crippen LogP contribution in [0.15, 0.2) is 42.5 Å². The van der Waals surface area contributed by atoms with Crippen molar-refractivity contribution in [3.8, 4) is 11.5 Å². The van der Waals surface area contributed by atoms with Crippen LogP contribution in [0.5, 0.6) is 11.5 Å². The molecule has 3 aliphatic rings. The van der Waals surface area contributed by atoms with Gasteiger partial charge in [-0.2, -0.15) is 0 Å². The molecule has 1 amide bonds.